The molecular weight excluding hydrogens is 208 g/mol. The van der Waals surface area contributed by atoms with Gasteiger partial charge in [-0.2, -0.15) is 0 Å². The molecule has 88 valence electrons. The molecule has 0 aliphatic heterocycles. The second-order valence-electron chi connectivity index (χ2n) is 5.97. The van der Waals surface area contributed by atoms with Gasteiger partial charge in [0.2, 0.25) is 0 Å². The van der Waals surface area contributed by atoms with Crippen LogP contribution in [0.4, 0.5) is 0 Å². The van der Waals surface area contributed by atoms with E-state index in [1.807, 2.05) is 0 Å². The van der Waals surface area contributed by atoms with E-state index in [0.29, 0.717) is 29.5 Å². The van der Waals surface area contributed by atoms with Crippen molar-refractivity contribution >= 4 is 5.78 Å². The Kier molecular flexibility index (Phi) is 2.00. The van der Waals surface area contributed by atoms with Crippen LogP contribution in [0, 0.1) is 23.7 Å². The molecule has 0 aromatic rings. The molecule has 2 bridgehead atoms. The Bertz CT molecular complexity index is 466. The van der Waals surface area contributed by atoms with Crippen LogP contribution < -0.4 is 0 Å². The summed E-state index contributed by atoms with van der Waals surface area (Å²) in [5.41, 5.74) is 2.45. The van der Waals surface area contributed by atoms with Gasteiger partial charge in [-0.15, -0.1) is 0 Å². The molecule has 4 rings (SSSR count). The van der Waals surface area contributed by atoms with Gasteiger partial charge >= 0.3 is 0 Å². The second kappa shape index (κ2) is 3.44. The molecule has 4 aliphatic rings. The van der Waals surface area contributed by atoms with Crippen LogP contribution in [0.5, 0.6) is 0 Å². The summed E-state index contributed by atoms with van der Waals surface area (Å²) < 4.78 is 0. The molecule has 0 saturated heterocycles. The zero-order chi connectivity index (χ0) is 11.4. The summed E-state index contributed by atoms with van der Waals surface area (Å²) in [4.78, 5) is 12.5. The number of rotatable bonds is 1. The number of ketones is 1. The van der Waals surface area contributed by atoms with Gasteiger partial charge in [0.25, 0.3) is 0 Å². The summed E-state index contributed by atoms with van der Waals surface area (Å²) in [6, 6.07) is 0. The maximum absolute atomic E-state index is 12.5. The lowest BCUT2D eigenvalue weighted by Crippen LogP contribution is -2.21. The Labute approximate surface area is 102 Å². The fourth-order valence-electron chi connectivity index (χ4n) is 4.26. The molecule has 0 N–H and O–H groups in total. The molecule has 4 aliphatic carbocycles. The largest absolute Gasteiger partial charge is 0.294 e. The van der Waals surface area contributed by atoms with Gasteiger partial charge in [0.05, 0.1) is 0 Å². The van der Waals surface area contributed by atoms with E-state index in [-0.39, 0.29) is 0 Å². The highest BCUT2D eigenvalue weighted by atomic mass is 16.1. The normalized spacial score (nSPS) is 42.7. The summed E-state index contributed by atoms with van der Waals surface area (Å²) in [5, 5.41) is 0. The molecule has 1 fully saturated rings. The zero-order valence-electron chi connectivity index (χ0n) is 10.1. The lowest BCUT2D eigenvalue weighted by atomic mass is 9.84. The van der Waals surface area contributed by atoms with Crippen LogP contribution in [0.25, 0.3) is 0 Å². The van der Waals surface area contributed by atoms with Crippen LogP contribution in [-0.2, 0) is 4.79 Å². The van der Waals surface area contributed by atoms with E-state index in [1.54, 1.807) is 0 Å². The van der Waals surface area contributed by atoms with Crippen molar-refractivity contribution in [3.05, 3.63) is 35.5 Å². The SMILES string of the molecule is O=C1C(C2=CCCCC2)=CC2C1[C@H]1C=C[C@@H]2C1. The maximum Gasteiger partial charge on any atom is 0.167 e. The third-order valence-electron chi connectivity index (χ3n) is 5.08. The highest BCUT2D eigenvalue weighted by Crippen LogP contribution is 2.54. The van der Waals surface area contributed by atoms with Gasteiger partial charge in [0.15, 0.2) is 5.78 Å². The Balaban J connectivity index is 1.69. The van der Waals surface area contributed by atoms with Crippen LogP contribution in [-0.4, -0.2) is 5.78 Å². The molecule has 4 atom stereocenters. The molecule has 2 unspecified atom stereocenters. The molecular formula is C16H18O. The van der Waals surface area contributed by atoms with Crippen LogP contribution in [0.3, 0.4) is 0 Å². The first kappa shape index (κ1) is 9.87. The third kappa shape index (κ3) is 1.28. The zero-order valence-corrected chi connectivity index (χ0v) is 10.1. The number of fused-ring (bicyclic) bond motifs is 5. The Morgan fingerprint density at radius 1 is 1.12 bits per heavy atom. The van der Waals surface area contributed by atoms with Crippen LogP contribution >= 0.6 is 0 Å². The molecule has 0 spiro atoms. The van der Waals surface area contributed by atoms with E-state index >= 15 is 0 Å². The number of hydrogen-bond donors (Lipinski definition) is 0. The van der Waals surface area contributed by atoms with E-state index in [1.165, 1.54) is 31.3 Å². The minimum atomic E-state index is 0.308. The molecule has 0 heterocycles. The minimum Gasteiger partial charge on any atom is -0.294 e. The molecule has 1 saturated carbocycles. The van der Waals surface area contributed by atoms with Crippen molar-refractivity contribution in [3.8, 4) is 0 Å². The van der Waals surface area contributed by atoms with Crippen molar-refractivity contribution in [2.24, 2.45) is 23.7 Å². The summed E-state index contributed by atoms with van der Waals surface area (Å²) in [6.45, 7) is 0. The van der Waals surface area contributed by atoms with Gasteiger partial charge < -0.3 is 0 Å². The van der Waals surface area contributed by atoms with Crippen molar-refractivity contribution in [2.45, 2.75) is 32.1 Å². The van der Waals surface area contributed by atoms with Gasteiger partial charge in [-0.3, -0.25) is 4.79 Å². The standard InChI is InChI=1S/C16H18O/c17-16-14(10-4-2-1-3-5-10)9-13-11-6-7-12(8-11)15(13)16/h4,6-7,9,11-13,15H,1-3,5,8H2/t11-,12+,13?,15?/m1/s1. The lowest BCUT2D eigenvalue weighted by molar-refractivity contribution is -0.119. The van der Waals surface area contributed by atoms with Crippen molar-refractivity contribution in [2.75, 3.05) is 0 Å². The van der Waals surface area contributed by atoms with E-state index in [2.05, 4.69) is 24.3 Å². The van der Waals surface area contributed by atoms with Crippen molar-refractivity contribution in [1.29, 1.82) is 0 Å². The Morgan fingerprint density at radius 3 is 2.76 bits per heavy atom. The number of carbonyl (C=O) groups is 1. The van der Waals surface area contributed by atoms with Crippen molar-refractivity contribution < 1.29 is 4.79 Å². The summed E-state index contributed by atoms with van der Waals surface area (Å²) in [6.07, 6.45) is 15.3. The number of hydrogen-bond acceptors (Lipinski definition) is 1. The molecule has 0 radical (unpaired) electrons. The first-order valence-electron chi connectivity index (χ1n) is 6.98. The maximum atomic E-state index is 12.5. The molecule has 0 aromatic heterocycles. The number of allylic oxidation sites excluding steroid dienone is 6. The fourth-order valence-corrected chi connectivity index (χ4v) is 4.26. The predicted molar refractivity (Wildman–Crippen MR) is 67.4 cm³/mol. The van der Waals surface area contributed by atoms with E-state index in [0.717, 1.165) is 12.0 Å². The molecule has 1 nitrogen and oxygen atoms in total. The highest BCUT2D eigenvalue weighted by Gasteiger charge is 2.51. The smallest absolute Gasteiger partial charge is 0.167 e. The van der Waals surface area contributed by atoms with Crippen molar-refractivity contribution in [1.82, 2.24) is 0 Å². The van der Waals surface area contributed by atoms with Gasteiger partial charge in [0, 0.05) is 11.5 Å². The average molecular weight is 226 g/mol. The average Bonchev–Trinajstić information content (AvgIpc) is 3.03. The molecule has 0 amide bonds. The van der Waals surface area contributed by atoms with E-state index in [4.69, 9.17) is 0 Å². The van der Waals surface area contributed by atoms with Gasteiger partial charge in [-0.1, -0.05) is 24.3 Å². The highest BCUT2D eigenvalue weighted by molar-refractivity contribution is 6.04. The molecule has 1 heteroatoms. The van der Waals surface area contributed by atoms with E-state index < -0.39 is 0 Å². The Morgan fingerprint density at radius 2 is 2.00 bits per heavy atom. The first-order valence-corrected chi connectivity index (χ1v) is 6.98. The summed E-state index contributed by atoms with van der Waals surface area (Å²) >= 11 is 0. The quantitative estimate of drug-likeness (QED) is 0.626. The van der Waals surface area contributed by atoms with Crippen LogP contribution in [0.15, 0.2) is 35.5 Å². The van der Waals surface area contributed by atoms with Crippen LogP contribution in [0.1, 0.15) is 32.1 Å². The number of Topliss-reactive ketones (excluding diaryl/α,β-unsaturated/α-hetero) is 1. The number of carbonyl (C=O) groups excluding carboxylic acids is 1. The van der Waals surface area contributed by atoms with Gasteiger partial charge in [-0.25, -0.2) is 0 Å². The lowest BCUT2D eigenvalue weighted by Gasteiger charge is -2.18. The fraction of sp³-hybridized carbons (Fsp3) is 0.562. The topological polar surface area (TPSA) is 17.1 Å². The first-order chi connectivity index (χ1) is 8.34. The van der Waals surface area contributed by atoms with E-state index in [9.17, 15) is 4.79 Å². The molecule has 0 aromatic carbocycles. The predicted octanol–water partition coefficient (Wildman–Crippen LogP) is 3.43. The molecule has 17 heavy (non-hydrogen) atoms. The van der Waals surface area contributed by atoms with Gasteiger partial charge in [-0.05, 0) is 55.4 Å². The van der Waals surface area contributed by atoms with Gasteiger partial charge in [0.1, 0.15) is 0 Å². The summed E-state index contributed by atoms with van der Waals surface area (Å²) in [5.74, 6) is 2.52. The second-order valence-corrected chi connectivity index (χ2v) is 5.97. The monoisotopic (exact) mass is 226 g/mol. The minimum absolute atomic E-state index is 0.308. The summed E-state index contributed by atoms with van der Waals surface area (Å²) in [7, 11) is 0. The van der Waals surface area contributed by atoms with Crippen LogP contribution in [0.2, 0.25) is 0 Å². The van der Waals surface area contributed by atoms with Crippen molar-refractivity contribution in [3.63, 3.8) is 0 Å². The third-order valence-corrected chi connectivity index (χ3v) is 5.08. The Hall–Kier alpha value is -1.11.